The summed E-state index contributed by atoms with van der Waals surface area (Å²) in [4.78, 5) is 0. The maximum absolute atomic E-state index is 2.37. The summed E-state index contributed by atoms with van der Waals surface area (Å²) in [5.74, 6) is 0. The Bertz CT molecular complexity index is 348. The molecule has 0 saturated heterocycles. The SMILES string of the molecule is CCCCCCCCCc1ccccc1CCCCCCCCC.[Ba]. The van der Waals surface area contributed by atoms with Crippen LogP contribution in [0.4, 0.5) is 0 Å². The zero-order valence-electron chi connectivity index (χ0n) is 17.3. The van der Waals surface area contributed by atoms with Gasteiger partial charge in [0.1, 0.15) is 0 Å². The molecule has 0 aromatic heterocycles. The molecule has 0 bridgehead atoms. The van der Waals surface area contributed by atoms with Gasteiger partial charge in [0.2, 0.25) is 0 Å². The normalized spacial score (nSPS) is 10.6. The fourth-order valence-electron chi connectivity index (χ4n) is 3.59. The molecule has 0 unspecified atom stereocenters. The summed E-state index contributed by atoms with van der Waals surface area (Å²) >= 11 is 0. The molecule has 0 saturated carbocycles. The maximum atomic E-state index is 2.37. The van der Waals surface area contributed by atoms with E-state index in [1.165, 1.54) is 103 Å². The van der Waals surface area contributed by atoms with Crippen LogP contribution in [0.15, 0.2) is 24.3 Å². The third-order valence-electron chi connectivity index (χ3n) is 5.22. The van der Waals surface area contributed by atoms with Crippen molar-refractivity contribution in [2.75, 3.05) is 0 Å². The molecule has 0 amide bonds. The summed E-state index contributed by atoms with van der Waals surface area (Å²) < 4.78 is 0. The molecule has 0 fully saturated rings. The molecule has 0 nitrogen and oxygen atoms in total. The second kappa shape index (κ2) is 19.6. The van der Waals surface area contributed by atoms with Crippen molar-refractivity contribution in [3.63, 3.8) is 0 Å². The second-order valence-electron chi connectivity index (χ2n) is 7.51. The summed E-state index contributed by atoms with van der Waals surface area (Å²) in [5, 5.41) is 0. The molecule has 1 heteroatoms. The first-order valence-corrected chi connectivity index (χ1v) is 10.9. The van der Waals surface area contributed by atoms with Crippen LogP contribution in [0, 0.1) is 0 Å². The van der Waals surface area contributed by atoms with E-state index in [1.807, 2.05) is 0 Å². The second-order valence-corrected chi connectivity index (χ2v) is 7.51. The van der Waals surface area contributed by atoms with Gasteiger partial charge in [-0.15, -0.1) is 0 Å². The van der Waals surface area contributed by atoms with Gasteiger partial charge in [-0.05, 0) is 36.8 Å². The largest absolute Gasteiger partial charge is 0.0654 e. The van der Waals surface area contributed by atoms with Gasteiger partial charge in [0.25, 0.3) is 0 Å². The Hall–Kier alpha value is 0.791. The topological polar surface area (TPSA) is 0 Å². The van der Waals surface area contributed by atoms with Crippen molar-refractivity contribution in [3.8, 4) is 0 Å². The monoisotopic (exact) mass is 468 g/mol. The number of hydrogen-bond donors (Lipinski definition) is 0. The first-order valence-electron chi connectivity index (χ1n) is 10.9. The van der Waals surface area contributed by atoms with Crippen molar-refractivity contribution >= 4 is 48.9 Å². The summed E-state index contributed by atoms with van der Waals surface area (Å²) in [6, 6.07) is 9.19. The fourth-order valence-corrected chi connectivity index (χ4v) is 3.59. The molecule has 0 aliphatic carbocycles. The first-order chi connectivity index (χ1) is 11.9. The van der Waals surface area contributed by atoms with E-state index >= 15 is 0 Å². The van der Waals surface area contributed by atoms with Gasteiger partial charge in [0, 0.05) is 48.9 Å². The molecule has 0 spiro atoms. The smallest absolute Gasteiger partial charge is 0 e. The van der Waals surface area contributed by atoms with E-state index in [1.54, 1.807) is 11.1 Å². The molecule has 1 aromatic carbocycles. The van der Waals surface area contributed by atoms with Crippen LogP contribution < -0.4 is 0 Å². The molecule has 0 aliphatic rings. The third kappa shape index (κ3) is 14.5. The van der Waals surface area contributed by atoms with Gasteiger partial charge in [-0.25, -0.2) is 0 Å². The number of rotatable bonds is 16. The van der Waals surface area contributed by atoms with Gasteiger partial charge in [-0.3, -0.25) is 0 Å². The Labute approximate surface area is 199 Å². The molecule has 140 valence electrons. The third-order valence-corrected chi connectivity index (χ3v) is 5.22. The van der Waals surface area contributed by atoms with E-state index in [0.29, 0.717) is 0 Å². The minimum atomic E-state index is 0. The van der Waals surface area contributed by atoms with Crippen LogP contribution in [-0.4, -0.2) is 48.9 Å². The predicted octanol–water partition coefficient (Wildman–Crippen LogP) is 7.89. The molecular weight excluding hydrogens is 426 g/mol. The van der Waals surface area contributed by atoms with Gasteiger partial charge in [0.15, 0.2) is 0 Å². The van der Waals surface area contributed by atoms with E-state index in [4.69, 9.17) is 0 Å². The van der Waals surface area contributed by atoms with Crippen molar-refractivity contribution in [3.05, 3.63) is 35.4 Å². The molecule has 0 aliphatic heterocycles. The number of aryl methyl sites for hydroxylation is 2. The number of benzene rings is 1. The van der Waals surface area contributed by atoms with Gasteiger partial charge in [-0.1, -0.05) is 115 Å². The van der Waals surface area contributed by atoms with Crippen LogP contribution in [0.5, 0.6) is 0 Å². The first kappa shape index (κ1) is 25.8. The predicted molar refractivity (Wildman–Crippen MR) is 116 cm³/mol. The van der Waals surface area contributed by atoms with Crippen molar-refractivity contribution in [1.29, 1.82) is 0 Å². The Morgan fingerprint density at radius 1 is 0.480 bits per heavy atom. The van der Waals surface area contributed by atoms with Crippen molar-refractivity contribution in [2.24, 2.45) is 0 Å². The van der Waals surface area contributed by atoms with Crippen LogP contribution in [-0.2, 0) is 12.8 Å². The Morgan fingerprint density at radius 2 is 0.800 bits per heavy atom. The zero-order valence-corrected chi connectivity index (χ0v) is 21.8. The van der Waals surface area contributed by atoms with Crippen molar-refractivity contribution in [2.45, 2.75) is 117 Å². The van der Waals surface area contributed by atoms with Crippen LogP contribution in [0.1, 0.15) is 115 Å². The van der Waals surface area contributed by atoms with Gasteiger partial charge < -0.3 is 0 Å². The van der Waals surface area contributed by atoms with Crippen molar-refractivity contribution < 1.29 is 0 Å². The zero-order chi connectivity index (χ0) is 17.3. The molecule has 0 N–H and O–H groups in total. The molecule has 0 atom stereocenters. The van der Waals surface area contributed by atoms with Crippen LogP contribution in [0.2, 0.25) is 0 Å². The molecular formula is C24H42Ba. The summed E-state index contributed by atoms with van der Waals surface area (Å²) in [5.41, 5.74) is 3.24. The Kier molecular flexibility index (Phi) is 20.2. The standard InChI is InChI=1S/C24H42.Ba/c1-3-5-7-9-11-13-15-19-23-21-17-18-22-24(23)20-16-14-12-10-8-6-4-2;/h17-18,21-22H,3-16,19-20H2,1-2H3;. The summed E-state index contributed by atoms with van der Waals surface area (Å²) in [6.45, 7) is 4.59. The molecule has 1 aromatic rings. The van der Waals surface area contributed by atoms with Crippen LogP contribution in [0.3, 0.4) is 0 Å². The number of hydrogen-bond acceptors (Lipinski definition) is 0. The molecule has 2 radical (unpaired) electrons. The van der Waals surface area contributed by atoms with E-state index in [2.05, 4.69) is 38.1 Å². The minimum Gasteiger partial charge on any atom is -0.0654 e. The maximum Gasteiger partial charge on any atom is 0 e. The average Bonchev–Trinajstić information content (AvgIpc) is 2.61. The van der Waals surface area contributed by atoms with Gasteiger partial charge in [-0.2, -0.15) is 0 Å². The van der Waals surface area contributed by atoms with Gasteiger partial charge >= 0.3 is 0 Å². The Morgan fingerprint density at radius 3 is 1.16 bits per heavy atom. The van der Waals surface area contributed by atoms with Crippen LogP contribution >= 0.6 is 0 Å². The minimum absolute atomic E-state index is 0. The molecule has 25 heavy (non-hydrogen) atoms. The van der Waals surface area contributed by atoms with Crippen molar-refractivity contribution in [1.82, 2.24) is 0 Å². The molecule has 1 rings (SSSR count). The quantitative estimate of drug-likeness (QED) is 0.171. The average molecular weight is 468 g/mol. The fraction of sp³-hybridized carbons (Fsp3) is 0.750. The van der Waals surface area contributed by atoms with E-state index in [0.717, 1.165) is 0 Å². The summed E-state index contributed by atoms with van der Waals surface area (Å²) in [7, 11) is 0. The van der Waals surface area contributed by atoms with E-state index in [9.17, 15) is 0 Å². The Balaban J connectivity index is 0.00000576. The van der Waals surface area contributed by atoms with Gasteiger partial charge in [0.05, 0.1) is 0 Å². The van der Waals surface area contributed by atoms with E-state index < -0.39 is 0 Å². The molecule has 0 heterocycles. The van der Waals surface area contributed by atoms with E-state index in [-0.39, 0.29) is 48.9 Å². The van der Waals surface area contributed by atoms with Crippen LogP contribution in [0.25, 0.3) is 0 Å². The number of unbranched alkanes of at least 4 members (excludes halogenated alkanes) is 12. The summed E-state index contributed by atoms with van der Waals surface area (Å²) in [6.07, 6.45) is 22.3.